The number of allylic oxidation sites excluding steroid dienone is 2. The number of carbonyl (C=O) groups is 1. The third-order valence-electron chi connectivity index (χ3n) is 5.46. The molecule has 0 aliphatic heterocycles. The molecule has 2 aromatic carbocycles. The third kappa shape index (κ3) is 4.98. The van der Waals surface area contributed by atoms with Gasteiger partial charge in [-0.1, -0.05) is 54.6 Å². The van der Waals surface area contributed by atoms with Gasteiger partial charge in [-0.15, -0.1) is 0 Å². The van der Waals surface area contributed by atoms with E-state index in [0.29, 0.717) is 11.7 Å². The summed E-state index contributed by atoms with van der Waals surface area (Å²) < 4.78 is 7.61. The Kier molecular flexibility index (Phi) is 6.28. The number of ether oxygens (including phenoxy) is 1. The molecule has 1 aliphatic carbocycles. The van der Waals surface area contributed by atoms with Crippen LogP contribution in [0.25, 0.3) is 0 Å². The van der Waals surface area contributed by atoms with E-state index in [1.165, 1.54) is 11.1 Å². The van der Waals surface area contributed by atoms with Gasteiger partial charge < -0.3 is 14.4 Å². The fourth-order valence-corrected chi connectivity index (χ4v) is 4.08. The number of hydrogen-bond acceptors (Lipinski definition) is 3. The van der Waals surface area contributed by atoms with E-state index in [4.69, 9.17) is 9.84 Å². The van der Waals surface area contributed by atoms with Gasteiger partial charge in [-0.05, 0) is 42.0 Å². The zero-order chi connectivity index (χ0) is 20.8. The Labute approximate surface area is 176 Å². The zero-order valence-electron chi connectivity index (χ0n) is 16.9. The van der Waals surface area contributed by atoms with E-state index >= 15 is 0 Å². The molecule has 1 unspecified atom stereocenters. The molecule has 1 heterocycles. The van der Waals surface area contributed by atoms with Crippen LogP contribution in [0.5, 0.6) is 5.75 Å². The van der Waals surface area contributed by atoms with Crippen LogP contribution in [0.2, 0.25) is 0 Å². The molecule has 1 aromatic heterocycles. The minimum atomic E-state index is -0.952. The largest absolute Gasteiger partial charge is 0.482 e. The van der Waals surface area contributed by atoms with Crippen LogP contribution in [0.15, 0.2) is 73.2 Å². The molecule has 1 atom stereocenters. The lowest BCUT2D eigenvalue weighted by Crippen LogP contribution is -2.14. The summed E-state index contributed by atoms with van der Waals surface area (Å²) in [5.41, 5.74) is 4.72. The second-order valence-electron chi connectivity index (χ2n) is 7.66. The molecule has 0 fully saturated rings. The number of imidazole rings is 1. The first-order valence-electron chi connectivity index (χ1n) is 10.4. The molecule has 0 bridgehead atoms. The molecule has 0 radical (unpaired) electrons. The van der Waals surface area contributed by atoms with Gasteiger partial charge in [0.1, 0.15) is 5.75 Å². The van der Waals surface area contributed by atoms with Gasteiger partial charge in [0.25, 0.3) is 0 Å². The predicted octanol–water partition coefficient (Wildman–Crippen LogP) is 4.61. The fourth-order valence-electron chi connectivity index (χ4n) is 4.08. The number of carboxylic acids is 1. The van der Waals surface area contributed by atoms with E-state index < -0.39 is 5.97 Å². The van der Waals surface area contributed by atoms with Gasteiger partial charge in [0.05, 0.1) is 12.0 Å². The summed E-state index contributed by atoms with van der Waals surface area (Å²) in [7, 11) is 0. The molecule has 1 aliphatic rings. The average molecular weight is 402 g/mol. The summed E-state index contributed by atoms with van der Waals surface area (Å²) in [5.74, 6) is 0.0782. The Hall–Kier alpha value is -3.34. The average Bonchev–Trinajstić information content (AvgIpc) is 3.20. The van der Waals surface area contributed by atoms with Crippen molar-refractivity contribution in [2.45, 2.75) is 38.1 Å². The van der Waals surface area contributed by atoms with Gasteiger partial charge in [-0.3, -0.25) is 0 Å². The second kappa shape index (κ2) is 9.44. The molecule has 5 heteroatoms. The first-order chi connectivity index (χ1) is 14.7. The molecule has 154 valence electrons. The van der Waals surface area contributed by atoms with E-state index in [2.05, 4.69) is 58.2 Å². The number of aromatic nitrogens is 2. The zero-order valence-corrected chi connectivity index (χ0v) is 16.9. The summed E-state index contributed by atoms with van der Waals surface area (Å²) in [6.07, 6.45) is 12.4. The van der Waals surface area contributed by atoms with Crippen LogP contribution in [0.3, 0.4) is 0 Å². The molecular formula is C25H26N2O3. The second-order valence-corrected chi connectivity index (χ2v) is 7.66. The Bertz CT molecular complexity index is 1020. The number of nitrogens with zero attached hydrogens (tertiary/aromatic N) is 2. The summed E-state index contributed by atoms with van der Waals surface area (Å²) in [6.45, 7) is 0.478. The molecule has 30 heavy (non-hydrogen) atoms. The van der Waals surface area contributed by atoms with E-state index in [1.807, 2.05) is 24.5 Å². The van der Waals surface area contributed by atoms with Crippen molar-refractivity contribution < 1.29 is 14.6 Å². The Morgan fingerprint density at radius 1 is 1.20 bits per heavy atom. The Balaban J connectivity index is 1.40. The van der Waals surface area contributed by atoms with Crippen molar-refractivity contribution in [2.24, 2.45) is 0 Å². The molecular weight excluding hydrogens is 376 g/mol. The quantitative estimate of drug-likeness (QED) is 0.559. The lowest BCUT2D eigenvalue weighted by atomic mass is 9.82. The molecule has 0 amide bonds. The van der Waals surface area contributed by atoms with Crippen LogP contribution >= 0.6 is 0 Å². The number of rotatable bonds is 8. The van der Waals surface area contributed by atoms with Gasteiger partial charge in [0, 0.05) is 25.1 Å². The molecule has 0 spiro atoms. The van der Waals surface area contributed by atoms with E-state index in [9.17, 15) is 4.79 Å². The van der Waals surface area contributed by atoms with E-state index in [0.717, 1.165) is 43.5 Å². The maximum absolute atomic E-state index is 10.8. The topological polar surface area (TPSA) is 64.3 Å². The van der Waals surface area contributed by atoms with Gasteiger partial charge in [0.2, 0.25) is 0 Å². The molecule has 5 nitrogen and oxygen atoms in total. The van der Waals surface area contributed by atoms with Crippen molar-refractivity contribution in [3.8, 4) is 5.75 Å². The fraction of sp³-hybridized carbons (Fsp3) is 0.280. The van der Waals surface area contributed by atoms with Crippen molar-refractivity contribution in [3.63, 3.8) is 0 Å². The number of hydrogen-bond donors (Lipinski definition) is 1. The molecule has 3 aromatic rings. The highest BCUT2D eigenvalue weighted by Crippen LogP contribution is 2.37. The van der Waals surface area contributed by atoms with Crippen molar-refractivity contribution >= 4 is 5.97 Å². The summed E-state index contributed by atoms with van der Waals surface area (Å²) >= 11 is 0. The normalized spacial score (nSPS) is 15.8. The third-order valence-corrected chi connectivity index (χ3v) is 5.46. The van der Waals surface area contributed by atoms with Gasteiger partial charge in [0.15, 0.2) is 6.61 Å². The van der Waals surface area contributed by atoms with Crippen LogP contribution in [0.4, 0.5) is 0 Å². The Morgan fingerprint density at radius 3 is 2.90 bits per heavy atom. The highest BCUT2D eigenvalue weighted by atomic mass is 16.5. The minimum Gasteiger partial charge on any atom is -0.482 e. The first kappa shape index (κ1) is 20.0. The van der Waals surface area contributed by atoms with Gasteiger partial charge >= 0.3 is 5.97 Å². The maximum atomic E-state index is 10.8. The Morgan fingerprint density at radius 2 is 2.07 bits per heavy atom. The van der Waals surface area contributed by atoms with Crippen LogP contribution < -0.4 is 4.74 Å². The highest BCUT2D eigenvalue weighted by molar-refractivity contribution is 5.68. The van der Waals surface area contributed by atoms with Crippen molar-refractivity contribution in [3.05, 3.63) is 95.6 Å². The standard InChI is InChI=1S/C25H26N2O3/c28-25(29)17-30-24-13-5-11-22-20(9-4-12-23(22)24)10-6-14-27-16-21(26-18-27)15-19-7-2-1-3-8-19/h1-3,5-8,10-11,13,16,18,20H,4,9,12,14-15,17H2,(H,28,29). The van der Waals surface area contributed by atoms with Crippen molar-refractivity contribution in [2.75, 3.05) is 6.61 Å². The smallest absolute Gasteiger partial charge is 0.341 e. The summed E-state index contributed by atoms with van der Waals surface area (Å²) in [4.78, 5) is 15.4. The molecule has 4 rings (SSSR count). The molecule has 0 saturated carbocycles. The lowest BCUT2D eigenvalue weighted by Gasteiger charge is -2.25. The maximum Gasteiger partial charge on any atom is 0.341 e. The number of aliphatic carboxylic acids is 1. The van der Waals surface area contributed by atoms with Crippen LogP contribution in [-0.4, -0.2) is 27.2 Å². The first-order valence-corrected chi connectivity index (χ1v) is 10.4. The lowest BCUT2D eigenvalue weighted by molar-refractivity contribution is -0.139. The summed E-state index contributed by atoms with van der Waals surface area (Å²) in [6, 6.07) is 16.3. The van der Waals surface area contributed by atoms with E-state index in [-0.39, 0.29) is 6.61 Å². The predicted molar refractivity (Wildman–Crippen MR) is 116 cm³/mol. The van der Waals surface area contributed by atoms with Crippen molar-refractivity contribution in [1.82, 2.24) is 9.55 Å². The highest BCUT2D eigenvalue weighted by Gasteiger charge is 2.21. The monoisotopic (exact) mass is 402 g/mol. The minimum absolute atomic E-state index is 0.303. The van der Waals surface area contributed by atoms with Crippen LogP contribution in [0.1, 0.15) is 41.1 Å². The van der Waals surface area contributed by atoms with Gasteiger partial charge in [-0.25, -0.2) is 9.78 Å². The van der Waals surface area contributed by atoms with Crippen LogP contribution in [-0.2, 0) is 24.2 Å². The van der Waals surface area contributed by atoms with E-state index in [1.54, 1.807) is 0 Å². The molecule has 1 N–H and O–H groups in total. The number of carboxylic acid groups (broad SMARTS) is 1. The number of benzene rings is 2. The van der Waals surface area contributed by atoms with Gasteiger partial charge in [-0.2, -0.15) is 0 Å². The van der Waals surface area contributed by atoms with Crippen molar-refractivity contribution in [1.29, 1.82) is 0 Å². The summed E-state index contributed by atoms with van der Waals surface area (Å²) in [5, 5.41) is 8.90. The SMILES string of the molecule is O=C(O)COc1cccc2c1CCCC2C=CCn1cnc(Cc2ccccc2)c1. The van der Waals surface area contributed by atoms with Crippen LogP contribution in [0, 0.1) is 0 Å². The molecule has 0 saturated heterocycles. The number of fused-ring (bicyclic) bond motifs is 1.